The van der Waals surface area contributed by atoms with Crippen LogP contribution < -0.4 is 0 Å². The van der Waals surface area contributed by atoms with Gasteiger partial charge in [0.15, 0.2) is 0 Å². The van der Waals surface area contributed by atoms with Gasteiger partial charge in [-0.15, -0.1) is 0 Å². The van der Waals surface area contributed by atoms with Gasteiger partial charge in [0.25, 0.3) is 0 Å². The Balaban J connectivity index is 2.14. The van der Waals surface area contributed by atoms with E-state index in [1.807, 2.05) is 25.2 Å². The van der Waals surface area contributed by atoms with Gasteiger partial charge in [0.1, 0.15) is 6.10 Å². The van der Waals surface area contributed by atoms with Crippen LogP contribution in [0.25, 0.3) is 11.0 Å². The van der Waals surface area contributed by atoms with Crippen LogP contribution in [-0.4, -0.2) is 24.9 Å². The van der Waals surface area contributed by atoms with Gasteiger partial charge in [-0.3, -0.25) is 14.6 Å². The SMILES string of the molecule is Cn1cc(C(O)c2cccc3nccnc23)cn1. The zero-order valence-electron chi connectivity index (χ0n) is 9.85. The molecule has 0 saturated heterocycles. The van der Waals surface area contributed by atoms with Crippen LogP contribution in [0.4, 0.5) is 0 Å². The number of aromatic nitrogens is 4. The van der Waals surface area contributed by atoms with Crippen molar-refractivity contribution in [1.82, 2.24) is 19.7 Å². The fraction of sp³-hybridized carbons (Fsp3) is 0.154. The largest absolute Gasteiger partial charge is 0.383 e. The predicted molar refractivity (Wildman–Crippen MR) is 66.8 cm³/mol. The third kappa shape index (κ3) is 1.74. The highest BCUT2D eigenvalue weighted by Crippen LogP contribution is 2.26. The first kappa shape index (κ1) is 10.9. The molecule has 0 fully saturated rings. The molecule has 90 valence electrons. The summed E-state index contributed by atoms with van der Waals surface area (Å²) >= 11 is 0. The van der Waals surface area contributed by atoms with E-state index in [4.69, 9.17) is 0 Å². The lowest BCUT2D eigenvalue weighted by atomic mass is 10.0. The van der Waals surface area contributed by atoms with Crippen LogP contribution in [0.15, 0.2) is 43.0 Å². The molecule has 18 heavy (non-hydrogen) atoms. The number of aliphatic hydroxyl groups excluding tert-OH is 1. The molecular formula is C13H12N4O. The van der Waals surface area contributed by atoms with Crippen LogP contribution in [0, 0.1) is 0 Å². The standard InChI is InChI=1S/C13H12N4O/c1-17-8-9(7-16-17)13(18)10-3-2-4-11-12(10)15-6-5-14-11/h2-8,13,18H,1H3. The summed E-state index contributed by atoms with van der Waals surface area (Å²) in [6, 6.07) is 5.60. The Morgan fingerprint density at radius 3 is 2.83 bits per heavy atom. The fourth-order valence-corrected chi connectivity index (χ4v) is 2.00. The van der Waals surface area contributed by atoms with Gasteiger partial charge in [-0.25, -0.2) is 0 Å². The maximum absolute atomic E-state index is 10.4. The Kier molecular flexibility index (Phi) is 2.53. The molecule has 0 amide bonds. The summed E-state index contributed by atoms with van der Waals surface area (Å²) in [4.78, 5) is 8.51. The molecule has 2 aromatic heterocycles. The van der Waals surface area contributed by atoms with Crippen molar-refractivity contribution in [1.29, 1.82) is 0 Å². The van der Waals surface area contributed by atoms with Crippen LogP contribution in [0.5, 0.6) is 0 Å². The Morgan fingerprint density at radius 2 is 2.06 bits per heavy atom. The number of hydrogen-bond donors (Lipinski definition) is 1. The second-order valence-corrected chi connectivity index (χ2v) is 4.12. The molecule has 3 rings (SSSR count). The lowest BCUT2D eigenvalue weighted by Crippen LogP contribution is -2.01. The molecule has 5 nitrogen and oxygen atoms in total. The third-order valence-corrected chi connectivity index (χ3v) is 2.87. The van der Waals surface area contributed by atoms with E-state index in [2.05, 4.69) is 15.1 Å². The van der Waals surface area contributed by atoms with E-state index in [9.17, 15) is 5.11 Å². The van der Waals surface area contributed by atoms with Crippen molar-refractivity contribution in [2.45, 2.75) is 6.10 Å². The van der Waals surface area contributed by atoms with E-state index in [0.717, 1.165) is 22.2 Å². The minimum atomic E-state index is -0.737. The van der Waals surface area contributed by atoms with Gasteiger partial charge in [0.2, 0.25) is 0 Å². The zero-order valence-corrected chi connectivity index (χ0v) is 9.85. The fourth-order valence-electron chi connectivity index (χ4n) is 2.00. The predicted octanol–water partition coefficient (Wildman–Crippen LogP) is 1.44. The lowest BCUT2D eigenvalue weighted by Gasteiger charge is -2.10. The second kappa shape index (κ2) is 4.19. The maximum Gasteiger partial charge on any atom is 0.109 e. The monoisotopic (exact) mass is 240 g/mol. The summed E-state index contributed by atoms with van der Waals surface area (Å²) < 4.78 is 1.66. The van der Waals surface area contributed by atoms with E-state index in [-0.39, 0.29) is 0 Å². The number of fused-ring (bicyclic) bond motifs is 1. The van der Waals surface area contributed by atoms with Crippen molar-refractivity contribution in [2.75, 3.05) is 0 Å². The molecule has 0 aliphatic heterocycles. The first-order valence-electron chi connectivity index (χ1n) is 5.62. The Labute approximate surface area is 104 Å². The average molecular weight is 240 g/mol. The van der Waals surface area contributed by atoms with E-state index < -0.39 is 6.10 Å². The van der Waals surface area contributed by atoms with Crippen LogP contribution in [0.3, 0.4) is 0 Å². The summed E-state index contributed by atoms with van der Waals surface area (Å²) in [5, 5.41) is 14.4. The maximum atomic E-state index is 10.4. The molecule has 5 heteroatoms. The average Bonchev–Trinajstić information content (AvgIpc) is 2.84. The zero-order chi connectivity index (χ0) is 12.5. The van der Waals surface area contributed by atoms with Gasteiger partial charge >= 0.3 is 0 Å². The lowest BCUT2D eigenvalue weighted by molar-refractivity contribution is 0.221. The summed E-state index contributed by atoms with van der Waals surface area (Å²) in [5.41, 5.74) is 2.98. The smallest absolute Gasteiger partial charge is 0.109 e. The molecule has 0 spiro atoms. The molecule has 1 atom stereocenters. The molecule has 0 bridgehead atoms. The molecule has 1 unspecified atom stereocenters. The number of aryl methyl sites for hydroxylation is 1. The summed E-state index contributed by atoms with van der Waals surface area (Å²) in [5.74, 6) is 0. The van der Waals surface area contributed by atoms with Gasteiger partial charge in [0.05, 0.1) is 17.2 Å². The number of para-hydroxylation sites is 1. The highest BCUT2D eigenvalue weighted by molar-refractivity contribution is 5.78. The number of nitrogens with zero attached hydrogens (tertiary/aromatic N) is 4. The molecule has 2 heterocycles. The molecule has 1 N–H and O–H groups in total. The van der Waals surface area contributed by atoms with Crippen molar-refractivity contribution in [2.24, 2.45) is 7.05 Å². The molecule has 0 aliphatic carbocycles. The van der Waals surface area contributed by atoms with Crippen LogP contribution in [0.2, 0.25) is 0 Å². The van der Waals surface area contributed by atoms with Gasteiger partial charge in [0, 0.05) is 36.8 Å². The Bertz CT molecular complexity index is 687. The van der Waals surface area contributed by atoms with Crippen molar-refractivity contribution < 1.29 is 5.11 Å². The summed E-state index contributed by atoms with van der Waals surface area (Å²) in [6.07, 6.45) is 5.98. The van der Waals surface area contributed by atoms with E-state index in [1.165, 1.54) is 0 Å². The molecule has 1 aromatic carbocycles. The third-order valence-electron chi connectivity index (χ3n) is 2.87. The molecule has 0 aliphatic rings. The topological polar surface area (TPSA) is 63.8 Å². The van der Waals surface area contributed by atoms with Gasteiger partial charge in [-0.1, -0.05) is 12.1 Å². The minimum Gasteiger partial charge on any atom is -0.383 e. The highest BCUT2D eigenvalue weighted by Gasteiger charge is 2.15. The van der Waals surface area contributed by atoms with E-state index in [0.29, 0.717) is 0 Å². The molecule has 0 radical (unpaired) electrons. The minimum absolute atomic E-state index is 0.719. The first-order valence-corrected chi connectivity index (χ1v) is 5.62. The quantitative estimate of drug-likeness (QED) is 0.736. The van der Waals surface area contributed by atoms with Crippen LogP contribution in [-0.2, 0) is 7.05 Å². The molecule has 0 saturated carbocycles. The number of aliphatic hydroxyl groups is 1. The van der Waals surface area contributed by atoms with Crippen molar-refractivity contribution in [3.8, 4) is 0 Å². The van der Waals surface area contributed by atoms with Gasteiger partial charge in [-0.2, -0.15) is 5.10 Å². The van der Waals surface area contributed by atoms with Gasteiger partial charge in [-0.05, 0) is 6.07 Å². The first-order chi connectivity index (χ1) is 8.75. The van der Waals surface area contributed by atoms with Crippen molar-refractivity contribution in [3.05, 3.63) is 54.1 Å². The van der Waals surface area contributed by atoms with E-state index >= 15 is 0 Å². The number of benzene rings is 1. The van der Waals surface area contributed by atoms with Crippen LogP contribution in [0.1, 0.15) is 17.2 Å². The summed E-state index contributed by atoms with van der Waals surface area (Å²) in [6.45, 7) is 0. The Hall–Kier alpha value is -2.27. The van der Waals surface area contributed by atoms with Crippen LogP contribution >= 0.6 is 0 Å². The highest BCUT2D eigenvalue weighted by atomic mass is 16.3. The molecular weight excluding hydrogens is 228 g/mol. The summed E-state index contributed by atoms with van der Waals surface area (Å²) in [7, 11) is 1.82. The Morgan fingerprint density at radius 1 is 1.22 bits per heavy atom. The second-order valence-electron chi connectivity index (χ2n) is 4.12. The van der Waals surface area contributed by atoms with E-state index in [1.54, 1.807) is 29.5 Å². The van der Waals surface area contributed by atoms with Gasteiger partial charge < -0.3 is 5.11 Å². The van der Waals surface area contributed by atoms with Crippen molar-refractivity contribution in [3.63, 3.8) is 0 Å². The molecule has 3 aromatic rings. The normalized spacial score (nSPS) is 12.8. The number of hydrogen-bond acceptors (Lipinski definition) is 4. The van der Waals surface area contributed by atoms with Crippen molar-refractivity contribution >= 4 is 11.0 Å². The number of rotatable bonds is 2.